The smallest absolute Gasteiger partial charge is 0.270 e. The summed E-state index contributed by atoms with van der Waals surface area (Å²) in [5, 5.41) is 14.4. The Morgan fingerprint density at radius 3 is 2.66 bits per heavy atom. The molecule has 32 heavy (non-hydrogen) atoms. The minimum absolute atomic E-state index is 0.0741. The maximum atomic E-state index is 13.7. The topological polar surface area (TPSA) is 108 Å². The van der Waals surface area contributed by atoms with Crippen molar-refractivity contribution >= 4 is 28.4 Å². The molecule has 0 unspecified atom stereocenters. The molecule has 1 aliphatic heterocycles. The second kappa shape index (κ2) is 8.78. The number of carbonyl (C=O) groups is 2. The third kappa shape index (κ3) is 4.32. The first-order valence-corrected chi connectivity index (χ1v) is 10.4. The van der Waals surface area contributed by atoms with Crippen molar-refractivity contribution in [1.29, 1.82) is 0 Å². The molecule has 4 rings (SSSR count). The summed E-state index contributed by atoms with van der Waals surface area (Å²) in [5.74, 6) is -0.851. The van der Waals surface area contributed by atoms with Crippen LogP contribution in [0.25, 0.3) is 10.9 Å². The Labute approximate surface area is 183 Å². The van der Waals surface area contributed by atoms with E-state index < -0.39 is 4.92 Å². The van der Waals surface area contributed by atoms with E-state index in [0.29, 0.717) is 53.5 Å². The lowest BCUT2D eigenvalue weighted by molar-refractivity contribution is -0.384. The molecule has 3 aromatic rings. The number of amides is 2. The largest absolute Gasteiger partial charge is 0.360 e. The zero-order valence-electron chi connectivity index (χ0n) is 17.6. The van der Waals surface area contributed by atoms with Crippen LogP contribution in [0.15, 0.2) is 42.6 Å². The van der Waals surface area contributed by atoms with Crippen LogP contribution in [0.2, 0.25) is 0 Å². The molecule has 2 N–H and O–H groups in total. The number of aromatic nitrogens is 1. The van der Waals surface area contributed by atoms with Crippen molar-refractivity contribution in [1.82, 2.24) is 15.2 Å². The van der Waals surface area contributed by atoms with Crippen LogP contribution in [0.5, 0.6) is 0 Å². The van der Waals surface area contributed by atoms with Crippen LogP contribution in [-0.4, -0.2) is 39.7 Å². The number of nitrogens with one attached hydrogen (secondary N) is 2. The van der Waals surface area contributed by atoms with Gasteiger partial charge in [-0.1, -0.05) is 12.1 Å². The van der Waals surface area contributed by atoms with E-state index in [1.807, 2.05) is 0 Å². The average Bonchev–Trinajstić information content (AvgIpc) is 3.22. The summed E-state index contributed by atoms with van der Waals surface area (Å²) in [6.45, 7) is 2.77. The fourth-order valence-corrected chi connectivity index (χ4v) is 3.99. The summed E-state index contributed by atoms with van der Waals surface area (Å²) in [6, 6.07) is 9.25. The second-order valence-corrected chi connectivity index (χ2v) is 8.06. The van der Waals surface area contributed by atoms with Crippen molar-refractivity contribution < 1.29 is 18.9 Å². The highest BCUT2D eigenvalue weighted by atomic mass is 19.1. The number of carbonyl (C=O) groups excluding carboxylic acids is 2. The fourth-order valence-electron chi connectivity index (χ4n) is 3.99. The average molecular weight is 438 g/mol. The summed E-state index contributed by atoms with van der Waals surface area (Å²) < 4.78 is 13.7. The predicted molar refractivity (Wildman–Crippen MR) is 117 cm³/mol. The number of halogens is 1. The summed E-state index contributed by atoms with van der Waals surface area (Å²) in [4.78, 5) is 40.8. The van der Waals surface area contributed by atoms with E-state index in [2.05, 4.69) is 10.3 Å². The van der Waals surface area contributed by atoms with E-state index in [0.717, 1.165) is 0 Å². The summed E-state index contributed by atoms with van der Waals surface area (Å²) in [7, 11) is 0. The SMILES string of the molecule is Cc1ccc(CNC(=O)C2CCN(C(=O)c3c[nH]c4ccc([N+](=O)[O-])cc34)CC2)cc1F. The van der Waals surface area contributed by atoms with Crippen molar-refractivity contribution in [2.75, 3.05) is 13.1 Å². The van der Waals surface area contributed by atoms with Gasteiger partial charge in [-0.05, 0) is 43.0 Å². The molecule has 0 bridgehead atoms. The van der Waals surface area contributed by atoms with Crippen LogP contribution < -0.4 is 5.32 Å². The number of non-ortho nitro benzene ring substituents is 1. The lowest BCUT2D eigenvalue weighted by Crippen LogP contribution is -2.42. The Kier molecular flexibility index (Phi) is 5.89. The molecule has 0 saturated carbocycles. The van der Waals surface area contributed by atoms with Crippen molar-refractivity contribution in [3.63, 3.8) is 0 Å². The van der Waals surface area contributed by atoms with E-state index in [1.165, 1.54) is 18.2 Å². The number of fused-ring (bicyclic) bond motifs is 1. The van der Waals surface area contributed by atoms with Gasteiger partial charge in [0.1, 0.15) is 5.82 Å². The number of benzene rings is 2. The third-order valence-corrected chi connectivity index (χ3v) is 5.96. The first-order chi connectivity index (χ1) is 15.3. The standard InChI is InChI=1S/C23H23FN4O4/c1-14-2-3-15(10-20(14)24)12-26-22(29)16-6-8-27(9-7-16)23(30)19-13-25-21-5-4-17(28(31)32)11-18(19)21/h2-5,10-11,13,16,25H,6-9,12H2,1H3,(H,26,29). The molecule has 0 radical (unpaired) electrons. The van der Waals surface area contributed by atoms with Crippen molar-refractivity contribution in [2.45, 2.75) is 26.3 Å². The first kappa shape index (κ1) is 21.5. The van der Waals surface area contributed by atoms with Gasteiger partial charge in [0, 0.05) is 54.8 Å². The van der Waals surface area contributed by atoms with Gasteiger partial charge in [0.15, 0.2) is 0 Å². The van der Waals surface area contributed by atoms with Gasteiger partial charge in [0.2, 0.25) is 5.91 Å². The second-order valence-electron chi connectivity index (χ2n) is 8.06. The Bertz CT molecular complexity index is 1200. The summed E-state index contributed by atoms with van der Waals surface area (Å²) in [6.07, 6.45) is 2.60. The first-order valence-electron chi connectivity index (χ1n) is 10.4. The molecule has 2 heterocycles. The van der Waals surface area contributed by atoms with Crippen LogP contribution >= 0.6 is 0 Å². The molecule has 1 saturated heterocycles. The van der Waals surface area contributed by atoms with Gasteiger partial charge in [-0.3, -0.25) is 19.7 Å². The molecular formula is C23H23FN4O4. The minimum atomic E-state index is -0.490. The summed E-state index contributed by atoms with van der Waals surface area (Å²) in [5.41, 5.74) is 2.22. The maximum Gasteiger partial charge on any atom is 0.270 e. The summed E-state index contributed by atoms with van der Waals surface area (Å²) >= 11 is 0. The molecule has 8 nitrogen and oxygen atoms in total. The van der Waals surface area contributed by atoms with Gasteiger partial charge in [-0.2, -0.15) is 0 Å². The molecule has 1 fully saturated rings. The van der Waals surface area contributed by atoms with Gasteiger partial charge in [-0.25, -0.2) is 4.39 Å². The lowest BCUT2D eigenvalue weighted by atomic mass is 9.95. The van der Waals surface area contributed by atoms with Crippen LogP contribution in [-0.2, 0) is 11.3 Å². The van der Waals surface area contributed by atoms with E-state index in [9.17, 15) is 24.1 Å². The number of nitrogens with zero attached hydrogens (tertiary/aromatic N) is 2. The number of nitro groups is 1. The molecule has 1 aromatic heterocycles. The number of likely N-dealkylation sites (tertiary alicyclic amines) is 1. The molecule has 9 heteroatoms. The Hall–Kier alpha value is -3.75. The molecule has 1 aliphatic rings. The quantitative estimate of drug-likeness (QED) is 0.468. The molecular weight excluding hydrogens is 415 g/mol. The van der Waals surface area contributed by atoms with Crippen molar-refractivity contribution in [2.24, 2.45) is 5.92 Å². The number of nitro benzene ring substituents is 1. The highest BCUT2D eigenvalue weighted by molar-refractivity contribution is 6.07. The molecule has 166 valence electrons. The number of piperidine rings is 1. The van der Waals surface area contributed by atoms with Crippen LogP contribution in [0.4, 0.5) is 10.1 Å². The van der Waals surface area contributed by atoms with E-state index in [-0.39, 0.29) is 35.8 Å². The van der Waals surface area contributed by atoms with Crippen molar-refractivity contribution in [3.05, 3.63) is 75.2 Å². The Morgan fingerprint density at radius 2 is 1.97 bits per heavy atom. The van der Waals surface area contributed by atoms with Gasteiger partial charge < -0.3 is 15.2 Å². The van der Waals surface area contributed by atoms with Gasteiger partial charge in [0.05, 0.1) is 10.5 Å². The fraction of sp³-hybridized carbons (Fsp3) is 0.304. The van der Waals surface area contributed by atoms with Crippen LogP contribution in [0.3, 0.4) is 0 Å². The lowest BCUT2D eigenvalue weighted by Gasteiger charge is -2.31. The van der Waals surface area contributed by atoms with E-state index in [4.69, 9.17) is 0 Å². The highest BCUT2D eigenvalue weighted by Crippen LogP contribution is 2.26. The van der Waals surface area contributed by atoms with Gasteiger partial charge >= 0.3 is 0 Å². The van der Waals surface area contributed by atoms with Gasteiger partial charge in [-0.15, -0.1) is 0 Å². The minimum Gasteiger partial charge on any atom is -0.360 e. The molecule has 0 aliphatic carbocycles. The number of aryl methyl sites for hydroxylation is 1. The zero-order chi connectivity index (χ0) is 22.8. The highest BCUT2D eigenvalue weighted by Gasteiger charge is 2.29. The van der Waals surface area contributed by atoms with Crippen LogP contribution in [0, 0.1) is 28.8 Å². The van der Waals surface area contributed by atoms with E-state index >= 15 is 0 Å². The zero-order valence-corrected chi connectivity index (χ0v) is 17.6. The normalized spacial score (nSPS) is 14.5. The van der Waals surface area contributed by atoms with Gasteiger partial charge in [0.25, 0.3) is 11.6 Å². The molecule has 2 aromatic carbocycles. The van der Waals surface area contributed by atoms with E-state index in [1.54, 1.807) is 36.2 Å². The Morgan fingerprint density at radius 1 is 1.22 bits per heavy atom. The predicted octanol–water partition coefficient (Wildman–Crippen LogP) is 3.69. The Balaban J connectivity index is 1.36. The van der Waals surface area contributed by atoms with Crippen molar-refractivity contribution in [3.8, 4) is 0 Å². The number of H-pyrrole nitrogens is 1. The third-order valence-electron chi connectivity index (χ3n) is 5.96. The number of hydrogen-bond acceptors (Lipinski definition) is 4. The monoisotopic (exact) mass is 438 g/mol. The number of hydrogen-bond donors (Lipinski definition) is 2. The molecule has 0 atom stereocenters. The number of aromatic amines is 1. The maximum absolute atomic E-state index is 13.7. The number of rotatable bonds is 5. The van der Waals surface area contributed by atoms with Crippen LogP contribution in [0.1, 0.15) is 34.3 Å². The molecule has 2 amide bonds. The molecule has 0 spiro atoms.